The number of amides is 2. The minimum atomic E-state index is -1.45. The molecule has 4 N–H and O–H groups in total. The molecule has 0 unspecified atom stereocenters. The molecule has 0 fully saturated rings. The van der Waals surface area contributed by atoms with E-state index < -0.39 is 41.9 Å². The van der Waals surface area contributed by atoms with Crippen molar-refractivity contribution in [1.82, 2.24) is 5.32 Å². The molecular formula is C12H12F2N2O4. The van der Waals surface area contributed by atoms with E-state index in [2.05, 4.69) is 5.32 Å². The minimum Gasteiger partial charge on any atom is -0.480 e. The van der Waals surface area contributed by atoms with Gasteiger partial charge in [0.05, 0.1) is 12.8 Å². The van der Waals surface area contributed by atoms with Gasteiger partial charge in [-0.1, -0.05) is 6.07 Å². The van der Waals surface area contributed by atoms with Gasteiger partial charge in [0.2, 0.25) is 11.8 Å². The molecule has 1 atom stereocenters. The SMILES string of the molecule is NC(=O)C[C@@H](NC(=O)Cc1ccc(F)c(F)c1)C(=O)O. The number of benzene rings is 1. The van der Waals surface area contributed by atoms with Crippen LogP contribution in [-0.4, -0.2) is 28.9 Å². The average molecular weight is 286 g/mol. The summed E-state index contributed by atoms with van der Waals surface area (Å²) in [5, 5.41) is 10.9. The Labute approximate surface area is 112 Å². The highest BCUT2D eigenvalue weighted by Crippen LogP contribution is 2.09. The summed E-state index contributed by atoms with van der Waals surface area (Å²) in [6.07, 6.45) is -0.904. The highest BCUT2D eigenvalue weighted by Gasteiger charge is 2.22. The van der Waals surface area contributed by atoms with Gasteiger partial charge in [0.1, 0.15) is 6.04 Å². The van der Waals surface area contributed by atoms with Gasteiger partial charge in [-0.15, -0.1) is 0 Å². The van der Waals surface area contributed by atoms with Gasteiger partial charge in [-0.05, 0) is 17.7 Å². The van der Waals surface area contributed by atoms with Crippen LogP contribution in [0.25, 0.3) is 0 Å². The molecular weight excluding hydrogens is 274 g/mol. The number of nitrogens with one attached hydrogen (secondary N) is 1. The Morgan fingerprint density at radius 1 is 1.25 bits per heavy atom. The summed E-state index contributed by atoms with van der Waals surface area (Å²) in [4.78, 5) is 33.0. The number of carboxylic acid groups (broad SMARTS) is 1. The van der Waals surface area contributed by atoms with Gasteiger partial charge in [-0.2, -0.15) is 0 Å². The van der Waals surface area contributed by atoms with Crippen molar-refractivity contribution in [2.45, 2.75) is 18.9 Å². The lowest BCUT2D eigenvalue weighted by Gasteiger charge is -2.12. The van der Waals surface area contributed by atoms with E-state index in [0.29, 0.717) is 0 Å². The molecule has 0 saturated carbocycles. The molecule has 0 heterocycles. The lowest BCUT2D eigenvalue weighted by atomic mass is 10.1. The second-order valence-corrected chi connectivity index (χ2v) is 4.05. The van der Waals surface area contributed by atoms with E-state index in [0.717, 1.165) is 12.1 Å². The van der Waals surface area contributed by atoms with Crippen molar-refractivity contribution in [3.8, 4) is 0 Å². The predicted octanol–water partition coefficient (Wildman–Crippen LogP) is -0.0479. The van der Waals surface area contributed by atoms with Crippen LogP contribution < -0.4 is 11.1 Å². The molecule has 0 aliphatic rings. The first-order chi connectivity index (χ1) is 9.29. The molecule has 1 aromatic carbocycles. The zero-order chi connectivity index (χ0) is 15.3. The molecule has 1 rings (SSSR count). The molecule has 0 aliphatic heterocycles. The summed E-state index contributed by atoms with van der Waals surface area (Å²) < 4.78 is 25.6. The van der Waals surface area contributed by atoms with Gasteiger partial charge in [-0.3, -0.25) is 9.59 Å². The lowest BCUT2D eigenvalue weighted by molar-refractivity contribution is -0.143. The van der Waals surface area contributed by atoms with E-state index in [-0.39, 0.29) is 12.0 Å². The third kappa shape index (κ3) is 4.63. The number of carbonyl (C=O) groups is 3. The number of halogens is 2. The van der Waals surface area contributed by atoms with Crippen LogP contribution in [0.4, 0.5) is 8.78 Å². The molecule has 2 amide bonds. The van der Waals surface area contributed by atoms with Gasteiger partial charge in [0.25, 0.3) is 0 Å². The molecule has 0 saturated heterocycles. The maximum Gasteiger partial charge on any atom is 0.326 e. The first-order valence-corrected chi connectivity index (χ1v) is 5.54. The third-order valence-corrected chi connectivity index (χ3v) is 2.39. The monoisotopic (exact) mass is 286 g/mol. The Morgan fingerprint density at radius 2 is 1.90 bits per heavy atom. The predicted molar refractivity (Wildman–Crippen MR) is 63.4 cm³/mol. The van der Waals surface area contributed by atoms with Crippen LogP contribution in [0.3, 0.4) is 0 Å². The molecule has 108 valence electrons. The highest BCUT2D eigenvalue weighted by molar-refractivity contribution is 5.88. The Morgan fingerprint density at radius 3 is 2.40 bits per heavy atom. The largest absolute Gasteiger partial charge is 0.480 e. The van der Waals surface area contributed by atoms with Crippen molar-refractivity contribution in [2.24, 2.45) is 5.73 Å². The molecule has 1 aromatic rings. The van der Waals surface area contributed by atoms with Crippen molar-refractivity contribution in [3.63, 3.8) is 0 Å². The molecule has 8 heteroatoms. The lowest BCUT2D eigenvalue weighted by Crippen LogP contribution is -2.43. The summed E-state index contributed by atoms with van der Waals surface area (Å²) in [6.45, 7) is 0. The zero-order valence-electron chi connectivity index (χ0n) is 10.2. The van der Waals surface area contributed by atoms with Crippen LogP contribution in [0.1, 0.15) is 12.0 Å². The van der Waals surface area contributed by atoms with Crippen LogP contribution in [-0.2, 0) is 20.8 Å². The highest BCUT2D eigenvalue weighted by atomic mass is 19.2. The van der Waals surface area contributed by atoms with Crippen LogP contribution in [0.2, 0.25) is 0 Å². The van der Waals surface area contributed by atoms with Crippen LogP contribution in [0.15, 0.2) is 18.2 Å². The van der Waals surface area contributed by atoms with Crippen LogP contribution in [0.5, 0.6) is 0 Å². The average Bonchev–Trinajstić information content (AvgIpc) is 2.32. The van der Waals surface area contributed by atoms with E-state index in [1.54, 1.807) is 0 Å². The van der Waals surface area contributed by atoms with E-state index >= 15 is 0 Å². The van der Waals surface area contributed by atoms with Crippen molar-refractivity contribution in [3.05, 3.63) is 35.4 Å². The standard InChI is InChI=1S/C12H12F2N2O4/c13-7-2-1-6(3-8(7)14)4-11(18)16-9(12(19)20)5-10(15)17/h1-3,9H,4-5H2,(H2,15,17)(H,16,18)(H,19,20)/t9-/m1/s1. The quantitative estimate of drug-likeness (QED) is 0.681. The maximum atomic E-state index is 12.9. The van der Waals surface area contributed by atoms with Gasteiger partial charge in [0, 0.05) is 0 Å². The van der Waals surface area contributed by atoms with E-state index in [4.69, 9.17) is 10.8 Å². The van der Waals surface area contributed by atoms with Crippen molar-refractivity contribution >= 4 is 17.8 Å². The number of carboxylic acids is 1. The zero-order valence-corrected chi connectivity index (χ0v) is 10.2. The molecule has 20 heavy (non-hydrogen) atoms. The third-order valence-electron chi connectivity index (χ3n) is 2.39. The summed E-state index contributed by atoms with van der Waals surface area (Å²) in [5.41, 5.74) is 5.02. The minimum absolute atomic E-state index is 0.171. The first kappa shape index (κ1) is 15.5. The fraction of sp³-hybridized carbons (Fsp3) is 0.250. The van der Waals surface area contributed by atoms with E-state index in [9.17, 15) is 23.2 Å². The normalized spacial score (nSPS) is 11.7. The molecule has 0 aliphatic carbocycles. The Kier molecular flexibility index (Phi) is 5.13. The number of nitrogens with two attached hydrogens (primary N) is 1. The second kappa shape index (κ2) is 6.60. The molecule has 0 spiro atoms. The summed E-state index contributed by atoms with van der Waals surface area (Å²) >= 11 is 0. The summed E-state index contributed by atoms with van der Waals surface area (Å²) in [6, 6.07) is 1.43. The molecule has 6 nitrogen and oxygen atoms in total. The van der Waals surface area contributed by atoms with Gasteiger partial charge >= 0.3 is 5.97 Å². The smallest absolute Gasteiger partial charge is 0.326 e. The molecule has 0 aromatic heterocycles. The Balaban J connectivity index is 2.67. The number of rotatable bonds is 6. The van der Waals surface area contributed by atoms with Crippen molar-refractivity contribution in [1.29, 1.82) is 0 Å². The summed E-state index contributed by atoms with van der Waals surface area (Å²) in [5.74, 6) is -5.20. The Bertz CT molecular complexity index is 548. The second-order valence-electron chi connectivity index (χ2n) is 4.05. The number of primary amides is 1. The summed E-state index contributed by atoms with van der Waals surface area (Å²) in [7, 11) is 0. The van der Waals surface area contributed by atoms with Gasteiger partial charge in [-0.25, -0.2) is 13.6 Å². The topological polar surface area (TPSA) is 109 Å². The van der Waals surface area contributed by atoms with Crippen molar-refractivity contribution < 1.29 is 28.3 Å². The number of hydrogen-bond donors (Lipinski definition) is 3. The van der Waals surface area contributed by atoms with Gasteiger partial charge < -0.3 is 16.2 Å². The van der Waals surface area contributed by atoms with E-state index in [1.807, 2.05) is 0 Å². The Hall–Kier alpha value is -2.51. The maximum absolute atomic E-state index is 12.9. The van der Waals surface area contributed by atoms with Crippen molar-refractivity contribution in [2.75, 3.05) is 0 Å². The number of carbonyl (C=O) groups excluding carboxylic acids is 2. The van der Waals surface area contributed by atoms with Crippen LogP contribution >= 0.6 is 0 Å². The first-order valence-electron chi connectivity index (χ1n) is 5.54. The fourth-order valence-corrected chi connectivity index (χ4v) is 1.48. The van der Waals surface area contributed by atoms with Crippen LogP contribution in [0, 0.1) is 11.6 Å². The van der Waals surface area contributed by atoms with Gasteiger partial charge in [0.15, 0.2) is 11.6 Å². The number of aliphatic carboxylic acids is 1. The number of hydrogen-bond acceptors (Lipinski definition) is 3. The van der Waals surface area contributed by atoms with E-state index in [1.165, 1.54) is 6.07 Å². The molecule has 0 radical (unpaired) electrons. The fourth-order valence-electron chi connectivity index (χ4n) is 1.48. The molecule has 0 bridgehead atoms.